The number of para-hydroxylation sites is 2. The van der Waals surface area contributed by atoms with Crippen LogP contribution in [0.5, 0.6) is 0 Å². The molecule has 0 radical (unpaired) electrons. The molecule has 310 valence electrons. The van der Waals surface area contributed by atoms with Crippen LogP contribution in [0.1, 0.15) is 25.0 Å². The summed E-state index contributed by atoms with van der Waals surface area (Å²) in [5.41, 5.74) is 15.1. The zero-order chi connectivity index (χ0) is 43.7. The lowest BCUT2D eigenvalue weighted by Crippen LogP contribution is -2.15. The molecule has 0 atom stereocenters. The summed E-state index contributed by atoms with van der Waals surface area (Å²) in [7, 11) is 0. The number of rotatable bonds is 5. The van der Waals surface area contributed by atoms with E-state index in [1.807, 2.05) is 35.6 Å². The van der Waals surface area contributed by atoms with Crippen LogP contribution in [0.2, 0.25) is 0 Å². The Morgan fingerprint density at radius 1 is 0.424 bits per heavy atom. The van der Waals surface area contributed by atoms with Gasteiger partial charge in [-0.2, -0.15) is 0 Å². The van der Waals surface area contributed by atoms with E-state index in [0.29, 0.717) is 17.5 Å². The van der Waals surface area contributed by atoms with Gasteiger partial charge in [0.25, 0.3) is 0 Å². The van der Waals surface area contributed by atoms with Crippen molar-refractivity contribution in [3.63, 3.8) is 0 Å². The van der Waals surface area contributed by atoms with E-state index < -0.39 is 0 Å². The summed E-state index contributed by atoms with van der Waals surface area (Å²) in [6, 6.07) is 69.4. The van der Waals surface area contributed by atoms with Crippen LogP contribution in [0.15, 0.2) is 199 Å². The Morgan fingerprint density at radius 3 is 1.89 bits per heavy atom. The number of hydrogen-bond acceptors (Lipinski definition) is 5. The molecule has 66 heavy (non-hydrogen) atoms. The summed E-state index contributed by atoms with van der Waals surface area (Å²) < 4.78 is 11.7. The molecule has 0 spiro atoms. The van der Waals surface area contributed by atoms with Crippen molar-refractivity contribution in [2.45, 2.75) is 19.3 Å². The summed E-state index contributed by atoms with van der Waals surface area (Å²) in [5.74, 6) is 1.85. The van der Waals surface area contributed by atoms with E-state index in [-0.39, 0.29) is 5.41 Å². The van der Waals surface area contributed by atoms with Gasteiger partial charge in [0.05, 0.1) is 16.7 Å². The maximum Gasteiger partial charge on any atom is 0.164 e. The maximum atomic E-state index is 6.73. The van der Waals surface area contributed by atoms with Crippen LogP contribution in [0, 0.1) is 0 Å². The summed E-state index contributed by atoms with van der Waals surface area (Å²) in [5, 5.41) is 6.93. The van der Waals surface area contributed by atoms with Gasteiger partial charge in [-0.15, -0.1) is 11.3 Å². The summed E-state index contributed by atoms with van der Waals surface area (Å²) in [6.07, 6.45) is 0. The van der Waals surface area contributed by atoms with Gasteiger partial charge in [0.2, 0.25) is 0 Å². The summed E-state index contributed by atoms with van der Waals surface area (Å²) in [6.45, 7) is 4.61. The van der Waals surface area contributed by atoms with Gasteiger partial charge in [-0.25, -0.2) is 15.0 Å². The number of nitrogens with zero attached hydrogens (tertiary/aromatic N) is 4. The first-order valence-corrected chi connectivity index (χ1v) is 23.2. The molecule has 4 heterocycles. The molecule has 0 aliphatic heterocycles. The van der Waals surface area contributed by atoms with Gasteiger partial charge in [0, 0.05) is 69.4 Å². The van der Waals surface area contributed by atoms with Gasteiger partial charge in [0.15, 0.2) is 17.5 Å². The van der Waals surface area contributed by atoms with Crippen LogP contribution in [0.25, 0.3) is 126 Å². The second-order valence-electron chi connectivity index (χ2n) is 17.9. The Hall–Kier alpha value is -8.19. The minimum Gasteiger partial charge on any atom is -0.456 e. The first kappa shape index (κ1) is 37.2. The molecule has 9 aromatic carbocycles. The molecule has 0 fully saturated rings. The van der Waals surface area contributed by atoms with Crippen LogP contribution < -0.4 is 0 Å². The topological polar surface area (TPSA) is 56.7 Å². The molecule has 0 unspecified atom stereocenters. The lowest BCUT2D eigenvalue weighted by molar-refractivity contribution is 0.660. The summed E-state index contributed by atoms with van der Waals surface area (Å²) in [4.78, 5) is 15.8. The zero-order valence-corrected chi connectivity index (χ0v) is 36.9. The van der Waals surface area contributed by atoms with Crippen molar-refractivity contribution < 1.29 is 4.42 Å². The summed E-state index contributed by atoms with van der Waals surface area (Å²) >= 11 is 1.84. The SMILES string of the molecule is CC1(C)c2ccccc2-c2ccc(-c3nc(-c4ccccc4)nc(-c4cccc5oc6ccc(-c7c(-n8c9ccccc9c9ccccc98)ccc8sc9ccccc9c78)cc6c45)n3)cc21. The molecule has 4 aromatic heterocycles. The van der Waals surface area contributed by atoms with E-state index in [1.165, 1.54) is 69.8 Å². The first-order valence-electron chi connectivity index (χ1n) is 22.4. The van der Waals surface area contributed by atoms with E-state index in [4.69, 9.17) is 19.4 Å². The average molecular weight is 863 g/mol. The normalized spacial score (nSPS) is 13.1. The molecule has 0 bridgehead atoms. The fourth-order valence-corrected chi connectivity index (χ4v) is 11.9. The van der Waals surface area contributed by atoms with Gasteiger partial charge >= 0.3 is 0 Å². The minimum atomic E-state index is -0.167. The molecule has 14 rings (SSSR count). The van der Waals surface area contributed by atoms with E-state index in [9.17, 15) is 0 Å². The Morgan fingerprint density at radius 2 is 1.08 bits per heavy atom. The van der Waals surface area contributed by atoms with Gasteiger partial charge < -0.3 is 8.98 Å². The van der Waals surface area contributed by atoms with Crippen molar-refractivity contribution in [3.8, 4) is 62.1 Å². The number of thiophene rings is 1. The minimum absolute atomic E-state index is 0.167. The van der Waals surface area contributed by atoms with Crippen LogP contribution in [-0.2, 0) is 5.41 Å². The molecule has 13 aromatic rings. The molecule has 0 amide bonds. The Bertz CT molecular complexity index is 4100. The predicted molar refractivity (Wildman–Crippen MR) is 274 cm³/mol. The molecular formula is C60H38N4OS. The molecule has 0 saturated carbocycles. The average Bonchev–Trinajstić information content (AvgIpc) is 4.10. The highest BCUT2D eigenvalue weighted by molar-refractivity contribution is 7.26. The highest BCUT2D eigenvalue weighted by Gasteiger charge is 2.35. The number of fused-ring (bicyclic) bond motifs is 12. The molecule has 1 aliphatic carbocycles. The third-order valence-electron chi connectivity index (χ3n) is 13.9. The maximum absolute atomic E-state index is 6.73. The fraction of sp³-hybridized carbons (Fsp3) is 0.0500. The highest BCUT2D eigenvalue weighted by Crippen LogP contribution is 2.50. The lowest BCUT2D eigenvalue weighted by atomic mass is 9.82. The highest BCUT2D eigenvalue weighted by atomic mass is 32.1. The third-order valence-corrected chi connectivity index (χ3v) is 15.0. The molecule has 0 N–H and O–H groups in total. The second-order valence-corrected chi connectivity index (χ2v) is 19.0. The largest absolute Gasteiger partial charge is 0.456 e. The van der Waals surface area contributed by atoms with E-state index in [0.717, 1.165) is 49.9 Å². The van der Waals surface area contributed by atoms with Crippen molar-refractivity contribution in [3.05, 3.63) is 205 Å². The molecular weight excluding hydrogens is 825 g/mol. The third kappa shape index (κ3) is 5.36. The quantitative estimate of drug-likeness (QED) is 0.173. The Balaban J connectivity index is 1.01. The number of aromatic nitrogens is 4. The van der Waals surface area contributed by atoms with Gasteiger partial charge in [-0.1, -0.05) is 153 Å². The van der Waals surface area contributed by atoms with E-state index >= 15 is 0 Å². The van der Waals surface area contributed by atoms with E-state index in [2.05, 4.69) is 188 Å². The first-order chi connectivity index (χ1) is 32.5. The number of benzene rings is 9. The monoisotopic (exact) mass is 862 g/mol. The van der Waals surface area contributed by atoms with Crippen molar-refractivity contribution in [2.75, 3.05) is 0 Å². The Kier molecular flexibility index (Phi) is 7.84. The number of hydrogen-bond donors (Lipinski definition) is 0. The van der Waals surface area contributed by atoms with Crippen LogP contribution in [-0.4, -0.2) is 19.5 Å². The van der Waals surface area contributed by atoms with Crippen LogP contribution in [0.4, 0.5) is 0 Å². The van der Waals surface area contributed by atoms with Crippen LogP contribution >= 0.6 is 11.3 Å². The molecule has 0 saturated heterocycles. The van der Waals surface area contributed by atoms with Crippen LogP contribution in [0.3, 0.4) is 0 Å². The van der Waals surface area contributed by atoms with E-state index in [1.54, 1.807) is 0 Å². The van der Waals surface area contributed by atoms with Gasteiger partial charge in [-0.3, -0.25) is 0 Å². The number of furan rings is 1. The van der Waals surface area contributed by atoms with Crippen molar-refractivity contribution in [2.24, 2.45) is 0 Å². The predicted octanol–water partition coefficient (Wildman–Crippen LogP) is 16.2. The smallest absolute Gasteiger partial charge is 0.164 e. The second kappa shape index (κ2) is 13.9. The lowest BCUT2D eigenvalue weighted by Gasteiger charge is -2.21. The molecule has 6 heteroatoms. The van der Waals surface area contributed by atoms with Crippen molar-refractivity contribution in [1.29, 1.82) is 0 Å². The van der Waals surface area contributed by atoms with Crippen molar-refractivity contribution >= 4 is 75.3 Å². The molecule has 5 nitrogen and oxygen atoms in total. The van der Waals surface area contributed by atoms with Gasteiger partial charge in [-0.05, 0) is 82.4 Å². The fourth-order valence-electron chi connectivity index (χ4n) is 10.8. The zero-order valence-electron chi connectivity index (χ0n) is 36.1. The van der Waals surface area contributed by atoms with Gasteiger partial charge in [0.1, 0.15) is 11.2 Å². The standard InChI is InChI=1S/C60H38N4OS/c1-60(2)45-22-10-6-17-38(45)39-29-27-37(34-46(39)60)58-61-57(35-15-4-3-5-16-35)62-59(63-58)43-21-14-25-51-55(43)44-33-36(28-31-50(44)65-51)54-49(30-32-53-56(54)42-20-9-13-26-52(42)66-53)64-47-23-11-7-18-40(47)41-19-8-12-24-48(41)64/h3-34H,1-2H3. The molecule has 1 aliphatic rings. The Labute approximate surface area is 383 Å². The van der Waals surface area contributed by atoms with Crippen molar-refractivity contribution in [1.82, 2.24) is 19.5 Å².